The number of hydrogen-bond donors (Lipinski definition) is 1. The van der Waals surface area contributed by atoms with E-state index in [4.69, 9.17) is 15.7 Å². The zero-order valence-electron chi connectivity index (χ0n) is 10.9. The second-order valence-electron chi connectivity index (χ2n) is 4.77. The Morgan fingerprint density at radius 2 is 2.12 bits per heavy atom. The van der Waals surface area contributed by atoms with Crippen LogP contribution in [0.1, 0.15) is 46.0 Å². The van der Waals surface area contributed by atoms with E-state index in [1.54, 1.807) is 0 Å². The molecule has 0 aliphatic rings. The predicted molar refractivity (Wildman–Crippen MR) is 67.0 cm³/mol. The maximum absolute atomic E-state index is 11.5. The fourth-order valence-corrected chi connectivity index (χ4v) is 1.72. The molecule has 1 atom stereocenters. The van der Waals surface area contributed by atoms with E-state index >= 15 is 0 Å². The highest BCUT2D eigenvalue weighted by atomic mass is 16.5. The lowest BCUT2D eigenvalue weighted by atomic mass is 9.94. The van der Waals surface area contributed by atoms with Gasteiger partial charge in [-0.1, -0.05) is 13.8 Å². The first-order chi connectivity index (χ1) is 8.10. The molecule has 98 valence electrons. The third kappa shape index (κ3) is 9.83. The topological polar surface area (TPSA) is 76.1 Å². The average Bonchev–Trinajstić information content (AvgIpc) is 2.27. The molecule has 0 fully saturated rings. The highest BCUT2D eigenvalue weighted by Gasteiger charge is 2.14. The van der Waals surface area contributed by atoms with Crippen molar-refractivity contribution in [3.8, 4) is 6.07 Å². The number of carbonyl (C=O) groups excluding carboxylic acids is 1. The van der Waals surface area contributed by atoms with Gasteiger partial charge < -0.3 is 10.5 Å². The standard InChI is InChI=1S/C13H24N2O2/c1-11(2)8-12(10-15)9-13(16)17-7-5-3-4-6-14/h11-12H,3-5,7-10,15H2,1-2H3/t12-/m0/s1. The minimum Gasteiger partial charge on any atom is -0.466 e. The summed E-state index contributed by atoms with van der Waals surface area (Å²) in [6.45, 7) is 5.19. The number of esters is 1. The summed E-state index contributed by atoms with van der Waals surface area (Å²) in [6.07, 6.45) is 3.44. The molecule has 0 saturated carbocycles. The van der Waals surface area contributed by atoms with Gasteiger partial charge in [0.1, 0.15) is 0 Å². The molecule has 0 aliphatic carbocycles. The van der Waals surface area contributed by atoms with Gasteiger partial charge in [0.2, 0.25) is 0 Å². The number of hydrogen-bond acceptors (Lipinski definition) is 4. The summed E-state index contributed by atoms with van der Waals surface area (Å²) >= 11 is 0. The normalized spacial score (nSPS) is 12.2. The minimum atomic E-state index is -0.168. The maximum atomic E-state index is 11.5. The van der Waals surface area contributed by atoms with Crippen molar-refractivity contribution in [2.75, 3.05) is 13.2 Å². The lowest BCUT2D eigenvalue weighted by molar-refractivity contribution is -0.144. The van der Waals surface area contributed by atoms with Gasteiger partial charge in [-0.25, -0.2) is 0 Å². The summed E-state index contributed by atoms with van der Waals surface area (Å²) < 4.78 is 5.10. The second kappa shape index (κ2) is 10.1. The van der Waals surface area contributed by atoms with Crippen LogP contribution in [-0.2, 0) is 9.53 Å². The lowest BCUT2D eigenvalue weighted by Gasteiger charge is -2.16. The van der Waals surface area contributed by atoms with Crippen molar-refractivity contribution in [1.29, 1.82) is 5.26 Å². The average molecular weight is 240 g/mol. The Kier molecular flexibility index (Phi) is 9.46. The third-order valence-corrected chi connectivity index (χ3v) is 2.54. The van der Waals surface area contributed by atoms with Crippen LogP contribution >= 0.6 is 0 Å². The van der Waals surface area contributed by atoms with E-state index in [9.17, 15) is 4.79 Å². The number of unbranched alkanes of at least 4 members (excludes halogenated alkanes) is 2. The Labute approximate surface area is 104 Å². The molecule has 0 heterocycles. The molecule has 4 nitrogen and oxygen atoms in total. The molecule has 0 aromatic heterocycles. The van der Waals surface area contributed by atoms with Crippen molar-refractivity contribution in [2.24, 2.45) is 17.6 Å². The maximum Gasteiger partial charge on any atom is 0.306 e. The Morgan fingerprint density at radius 1 is 1.41 bits per heavy atom. The van der Waals surface area contributed by atoms with Crippen LogP contribution in [0.15, 0.2) is 0 Å². The first-order valence-corrected chi connectivity index (χ1v) is 6.32. The molecule has 4 heteroatoms. The number of carbonyl (C=O) groups is 1. The molecule has 0 aliphatic heterocycles. The van der Waals surface area contributed by atoms with Gasteiger partial charge in [-0.2, -0.15) is 5.26 Å². The molecule has 0 saturated heterocycles. The SMILES string of the molecule is CC(C)C[C@H](CN)CC(=O)OCCCCC#N. The number of nitrogens with two attached hydrogens (primary N) is 1. The number of rotatable bonds is 9. The van der Waals surface area contributed by atoms with Crippen molar-refractivity contribution in [2.45, 2.75) is 46.0 Å². The summed E-state index contributed by atoms with van der Waals surface area (Å²) in [6, 6.07) is 2.06. The van der Waals surface area contributed by atoms with Gasteiger partial charge in [-0.05, 0) is 37.6 Å². The summed E-state index contributed by atoms with van der Waals surface area (Å²) in [5.41, 5.74) is 5.62. The molecule has 17 heavy (non-hydrogen) atoms. The summed E-state index contributed by atoms with van der Waals surface area (Å²) in [4.78, 5) is 11.5. The number of nitrogens with zero attached hydrogens (tertiary/aromatic N) is 1. The fourth-order valence-electron chi connectivity index (χ4n) is 1.72. The van der Waals surface area contributed by atoms with Crippen molar-refractivity contribution >= 4 is 5.97 Å². The van der Waals surface area contributed by atoms with Gasteiger partial charge in [-0.3, -0.25) is 4.79 Å². The number of nitriles is 1. The molecule has 0 aromatic rings. The zero-order valence-corrected chi connectivity index (χ0v) is 10.9. The van der Waals surface area contributed by atoms with E-state index in [1.807, 2.05) is 0 Å². The van der Waals surface area contributed by atoms with Crippen molar-refractivity contribution < 1.29 is 9.53 Å². The molecule has 0 bridgehead atoms. The Morgan fingerprint density at radius 3 is 2.65 bits per heavy atom. The fraction of sp³-hybridized carbons (Fsp3) is 0.846. The largest absolute Gasteiger partial charge is 0.466 e. The summed E-state index contributed by atoms with van der Waals surface area (Å²) in [5.74, 6) is 0.603. The van der Waals surface area contributed by atoms with E-state index < -0.39 is 0 Å². The van der Waals surface area contributed by atoms with Crippen LogP contribution in [0.2, 0.25) is 0 Å². The van der Waals surface area contributed by atoms with Crippen molar-refractivity contribution in [1.82, 2.24) is 0 Å². The Bertz CT molecular complexity index is 246. The van der Waals surface area contributed by atoms with Gasteiger partial charge in [0, 0.05) is 12.8 Å². The third-order valence-electron chi connectivity index (χ3n) is 2.54. The second-order valence-corrected chi connectivity index (χ2v) is 4.77. The lowest BCUT2D eigenvalue weighted by Crippen LogP contribution is -2.21. The Hall–Kier alpha value is -1.08. The van der Waals surface area contributed by atoms with Crippen LogP contribution in [0.4, 0.5) is 0 Å². The molecule has 0 spiro atoms. The summed E-state index contributed by atoms with van der Waals surface area (Å²) in [7, 11) is 0. The molecule has 0 aromatic carbocycles. The predicted octanol–water partition coefficient (Wildman–Crippen LogP) is 2.23. The van der Waals surface area contributed by atoms with Crippen molar-refractivity contribution in [3.05, 3.63) is 0 Å². The molecule has 0 rings (SSSR count). The van der Waals surface area contributed by atoms with Crippen LogP contribution in [0, 0.1) is 23.2 Å². The monoisotopic (exact) mass is 240 g/mol. The van der Waals surface area contributed by atoms with Crippen LogP contribution in [0.5, 0.6) is 0 Å². The van der Waals surface area contributed by atoms with Gasteiger partial charge in [-0.15, -0.1) is 0 Å². The summed E-state index contributed by atoms with van der Waals surface area (Å²) in [5, 5.41) is 8.34. The van der Waals surface area contributed by atoms with Crippen LogP contribution in [0.3, 0.4) is 0 Å². The quantitative estimate of drug-likeness (QED) is 0.495. The van der Waals surface area contributed by atoms with E-state index in [-0.39, 0.29) is 11.9 Å². The first-order valence-electron chi connectivity index (χ1n) is 6.32. The van der Waals surface area contributed by atoms with Crippen LogP contribution in [-0.4, -0.2) is 19.1 Å². The minimum absolute atomic E-state index is 0.168. The molecule has 0 radical (unpaired) electrons. The van der Waals surface area contributed by atoms with E-state index in [1.165, 1.54) is 0 Å². The van der Waals surface area contributed by atoms with Crippen LogP contribution in [0.25, 0.3) is 0 Å². The molecule has 0 unspecified atom stereocenters. The van der Waals surface area contributed by atoms with E-state index in [0.717, 1.165) is 19.3 Å². The van der Waals surface area contributed by atoms with E-state index in [0.29, 0.717) is 31.9 Å². The first kappa shape index (κ1) is 15.9. The van der Waals surface area contributed by atoms with E-state index in [2.05, 4.69) is 19.9 Å². The molecule has 2 N–H and O–H groups in total. The van der Waals surface area contributed by atoms with Gasteiger partial charge in [0.05, 0.1) is 12.7 Å². The van der Waals surface area contributed by atoms with Gasteiger partial charge in [0.25, 0.3) is 0 Å². The molecular formula is C13H24N2O2. The van der Waals surface area contributed by atoms with Crippen molar-refractivity contribution in [3.63, 3.8) is 0 Å². The highest BCUT2D eigenvalue weighted by Crippen LogP contribution is 2.14. The smallest absolute Gasteiger partial charge is 0.306 e. The molecule has 0 amide bonds. The van der Waals surface area contributed by atoms with Crippen LogP contribution < -0.4 is 5.73 Å². The van der Waals surface area contributed by atoms with Gasteiger partial charge >= 0.3 is 5.97 Å². The van der Waals surface area contributed by atoms with Gasteiger partial charge in [0.15, 0.2) is 0 Å². The molecular weight excluding hydrogens is 216 g/mol. The number of ether oxygens (including phenoxy) is 1. The Balaban J connectivity index is 3.65. The highest BCUT2D eigenvalue weighted by molar-refractivity contribution is 5.69. The zero-order chi connectivity index (χ0) is 13.1.